The van der Waals surface area contributed by atoms with Crippen molar-refractivity contribution < 1.29 is 9.53 Å². The first kappa shape index (κ1) is 10.3. The number of nitrogens with zero attached hydrogens (tertiary/aromatic N) is 4. The van der Waals surface area contributed by atoms with Crippen molar-refractivity contribution in [2.24, 2.45) is 7.05 Å². The molecule has 1 aromatic carbocycles. The summed E-state index contributed by atoms with van der Waals surface area (Å²) in [5.74, 6) is 1.18. The Balaban J connectivity index is 1.96. The van der Waals surface area contributed by atoms with Gasteiger partial charge < -0.3 is 4.74 Å². The monoisotopic (exact) mass is 218 g/mol. The SMILES string of the molecule is Cn1nnc(COc2ccc(C=O)cc2)n1. The van der Waals surface area contributed by atoms with E-state index in [1.54, 1.807) is 31.3 Å². The second-order valence-electron chi connectivity index (χ2n) is 3.17. The third kappa shape index (κ3) is 2.41. The molecule has 0 fully saturated rings. The molecule has 0 atom stereocenters. The number of aromatic nitrogens is 4. The summed E-state index contributed by atoms with van der Waals surface area (Å²) in [6.07, 6.45) is 0.786. The van der Waals surface area contributed by atoms with Gasteiger partial charge in [0.15, 0.2) is 6.61 Å². The summed E-state index contributed by atoms with van der Waals surface area (Å²) in [6.45, 7) is 0.258. The zero-order valence-corrected chi connectivity index (χ0v) is 8.70. The molecule has 0 radical (unpaired) electrons. The minimum Gasteiger partial charge on any atom is -0.485 e. The topological polar surface area (TPSA) is 69.9 Å². The summed E-state index contributed by atoms with van der Waals surface area (Å²) in [5.41, 5.74) is 0.616. The summed E-state index contributed by atoms with van der Waals surface area (Å²) in [4.78, 5) is 11.8. The zero-order chi connectivity index (χ0) is 11.4. The first-order valence-electron chi connectivity index (χ1n) is 4.69. The lowest BCUT2D eigenvalue weighted by Crippen LogP contribution is -1.99. The first-order valence-corrected chi connectivity index (χ1v) is 4.69. The molecule has 0 bridgehead atoms. The summed E-state index contributed by atoms with van der Waals surface area (Å²) in [6, 6.07) is 6.82. The molecule has 1 aromatic heterocycles. The van der Waals surface area contributed by atoms with Crippen LogP contribution < -0.4 is 4.74 Å². The molecular formula is C10H10N4O2. The molecule has 0 spiro atoms. The minimum absolute atomic E-state index is 0.258. The molecule has 82 valence electrons. The smallest absolute Gasteiger partial charge is 0.212 e. The fourth-order valence-corrected chi connectivity index (χ4v) is 1.17. The van der Waals surface area contributed by atoms with Crippen molar-refractivity contribution >= 4 is 6.29 Å². The molecule has 2 rings (SSSR count). The summed E-state index contributed by atoms with van der Waals surface area (Å²) >= 11 is 0. The summed E-state index contributed by atoms with van der Waals surface area (Å²) in [5, 5.41) is 11.4. The highest BCUT2D eigenvalue weighted by molar-refractivity contribution is 5.74. The van der Waals surface area contributed by atoms with E-state index < -0.39 is 0 Å². The van der Waals surface area contributed by atoms with Crippen molar-refractivity contribution in [1.29, 1.82) is 0 Å². The van der Waals surface area contributed by atoms with Gasteiger partial charge in [-0.2, -0.15) is 4.80 Å². The quantitative estimate of drug-likeness (QED) is 0.703. The van der Waals surface area contributed by atoms with Gasteiger partial charge in [0.25, 0.3) is 0 Å². The molecular weight excluding hydrogens is 208 g/mol. The van der Waals surface area contributed by atoms with Crippen molar-refractivity contribution in [2.75, 3.05) is 0 Å². The number of carbonyl (C=O) groups excluding carboxylic acids is 1. The van der Waals surface area contributed by atoms with Crippen LogP contribution in [-0.4, -0.2) is 26.5 Å². The van der Waals surface area contributed by atoms with Gasteiger partial charge in [-0.3, -0.25) is 4.79 Å². The molecule has 0 N–H and O–H groups in total. The molecule has 0 aliphatic carbocycles. The molecule has 0 aliphatic heterocycles. The molecule has 0 saturated heterocycles. The Morgan fingerprint density at radius 1 is 1.38 bits per heavy atom. The average Bonchev–Trinajstić information content (AvgIpc) is 2.73. The molecule has 1 heterocycles. The number of aryl methyl sites for hydroxylation is 1. The highest BCUT2D eigenvalue weighted by Crippen LogP contribution is 2.11. The van der Waals surface area contributed by atoms with Gasteiger partial charge in [0.05, 0.1) is 7.05 Å². The van der Waals surface area contributed by atoms with Crippen LogP contribution in [0.25, 0.3) is 0 Å². The van der Waals surface area contributed by atoms with E-state index in [1.807, 2.05) is 0 Å². The van der Waals surface area contributed by atoms with Gasteiger partial charge in [0, 0.05) is 5.56 Å². The van der Waals surface area contributed by atoms with Crippen molar-refractivity contribution in [3.05, 3.63) is 35.7 Å². The second kappa shape index (κ2) is 4.52. The normalized spacial score (nSPS) is 10.1. The standard InChI is InChI=1S/C10H10N4O2/c1-14-12-10(11-13-14)7-16-9-4-2-8(6-15)3-5-9/h2-6H,7H2,1H3. The van der Waals surface area contributed by atoms with Gasteiger partial charge in [0.2, 0.25) is 5.82 Å². The van der Waals surface area contributed by atoms with Gasteiger partial charge in [-0.25, -0.2) is 0 Å². The number of tetrazole rings is 1. The Morgan fingerprint density at radius 3 is 2.69 bits per heavy atom. The van der Waals surface area contributed by atoms with Crippen molar-refractivity contribution in [3.8, 4) is 5.75 Å². The van der Waals surface area contributed by atoms with Crippen molar-refractivity contribution in [1.82, 2.24) is 20.2 Å². The molecule has 6 nitrogen and oxygen atoms in total. The summed E-state index contributed by atoms with van der Waals surface area (Å²) < 4.78 is 5.41. The highest BCUT2D eigenvalue weighted by Gasteiger charge is 2.01. The van der Waals surface area contributed by atoms with Gasteiger partial charge in [-0.15, -0.1) is 10.2 Å². The average molecular weight is 218 g/mol. The molecule has 0 amide bonds. The van der Waals surface area contributed by atoms with E-state index >= 15 is 0 Å². The van der Waals surface area contributed by atoms with E-state index in [0.717, 1.165) is 6.29 Å². The fourth-order valence-electron chi connectivity index (χ4n) is 1.17. The number of hydrogen-bond donors (Lipinski definition) is 0. The maximum absolute atomic E-state index is 10.4. The molecule has 0 unspecified atom stereocenters. The van der Waals surface area contributed by atoms with Crippen LogP contribution in [-0.2, 0) is 13.7 Å². The van der Waals surface area contributed by atoms with E-state index in [-0.39, 0.29) is 6.61 Å². The number of aldehydes is 1. The Labute approximate surface area is 91.8 Å². The number of ether oxygens (including phenoxy) is 1. The lowest BCUT2D eigenvalue weighted by molar-refractivity contribution is 0.112. The number of carbonyl (C=O) groups is 1. The van der Waals surface area contributed by atoms with Gasteiger partial charge in [0.1, 0.15) is 12.0 Å². The molecule has 0 aliphatic rings. The van der Waals surface area contributed by atoms with Crippen LogP contribution in [0.3, 0.4) is 0 Å². The predicted molar refractivity (Wildman–Crippen MR) is 55.0 cm³/mol. The second-order valence-corrected chi connectivity index (χ2v) is 3.17. The van der Waals surface area contributed by atoms with E-state index in [0.29, 0.717) is 17.1 Å². The number of hydrogen-bond acceptors (Lipinski definition) is 5. The van der Waals surface area contributed by atoms with Crippen LogP contribution in [0.4, 0.5) is 0 Å². The number of benzene rings is 1. The fraction of sp³-hybridized carbons (Fsp3) is 0.200. The van der Waals surface area contributed by atoms with E-state index in [4.69, 9.17) is 4.74 Å². The van der Waals surface area contributed by atoms with E-state index in [9.17, 15) is 4.79 Å². The lowest BCUT2D eigenvalue weighted by atomic mass is 10.2. The maximum Gasteiger partial charge on any atom is 0.212 e. The van der Waals surface area contributed by atoms with Gasteiger partial charge in [-0.05, 0) is 29.5 Å². The van der Waals surface area contributed by atoms with Crippen LogP contribution in [0.15, 0.2) is 24.3 Å². The third-order valence-corrected chi connectivity index (χ3v) is 1.93. The predicted octanol–water partition coefficient (Wildman–Crippen LogP) is 0.602. The molecule has 16 heavy (non-hydrogen) atoms. The third-order valence-electron chi connectivity index (χ3n) is 1.93. The highest BCUT2D eigenvalue weighted by atomic mass is 16.5. The largest absolute Gasteiger partial charge is 0.485 e. The van der Waals surface area contributed by atoms with Crippen molar-refractivity contribution in [3.63, 3.8) is 0 Å². The van der Waals surface area contributed by atoms with E-state index in [2.05, 4.69) is 15.4 Å². The van der Waals surface area contributed by atoms with Crippen LogP contribution in [0.5, 0.6) is 5.75 Å². The Morgan fingerprint density at radius 2 is 2.12 bits per heavy atom. The zero-order valence-electron chi connectivity index (χ0n) is 8.70. The van der Waals surface area contributed by atoms with Crippen LogP contribution in [0.2, 0.25) is 0 Å². The Bertz CT molecular complexity index is 478. The molecule has 0 saturated carbocycles. The Hall–Kier alpha value is -2.24. The summed E-state index contributed by atoms with van der Waals surface area (Å²) in [7, 11) is 1.69. The van der Waals surface area contributed by atoms with Crippen LogP contribution in [0, 0.1) is 0 Å². The maximum atomic E-state index is 10.4. The lowest BCUT2D eigenvalue weighted by Gasteiger charge is -2.02. The van der Waals surface area contributed by atoms with Gasteiger partial charge in [-0.1, -0.05) is 0 Å². The number of rotatable bonds is 4. The minimum atomic E-state index is 0.258. The van der Waals surface area contributed by atoms with Gasteiger partial charge >= 0.3 is 0 Å². The molecule has 2 aromatic rings. The Kier molecular flexibility index (Phi) is 2.90. The molecule has 6 heteroatoms. The van der Waals surface area contributed by atoms with Crippen LogP contribution in [0.1, 0.15) is 16.2 Å². The van der Waals surface area contributed by atoms with Crippen molar-refractivity contribution in [2.45, 2.75) is 6.61 Å². The first-order chi connectivity index (χ1) is 7.78. The van der Waals surface area contributed by atoms with Crippen LogP contribution >= 0.6 is 0 Å². The van der Waals surface area contributed by atoms with E-state index in [1.165, 1.54) is 4.80 Å².